The first kappa shape index (κ1) is 55.9. The Labute approximate surface area is 363 Å². The van der Waals surface area contributed by atoms with Gasteiger partial charge in [0.05, 0.1) is 0 Å². The van der Waals surface area contributed by atoms with Gasteiger partial charge in [-0.3, -0.25) is 14.4 Å². The molecule has 1 unspecified atom stereocenters. The minimum atomic E-state index is -0.804. The Morgan fingerprint density at radius 2 is 0.678 bits per heavy atom. The summed E-state index contributed by atoms with van der Waals surface area (Å²) in [5.41, 5.74) is 0. The van der Waals surface area contributed by atoms with Crippen molar-refractivity contribution in [3.8, 4) is 0 Å². The minimum Gasteiger partial charge on any atom is -0.462 e. The summed E-state index contributed by atoms with van der Waals surface area (Å²) in [5, 5.41) is 0. The zero-order valence-electron chi connectivity index (χ0n) is 38.5. The number of hydrogen-bond acceptors (Lipinski definition) is 6. The van der Waals surface area contributed by atoms with Gasteiger partial charge in [-0.1, -0.05) is 190 Å². The van der Waals surface area contributed by atoms with Gasteiger partial charge in [0.2, 0.25) is 0 Å². The smallest absolute Gasteiger partial charge is 0.306 e. The summed E-state index contributed by atoms with van der Waals surface area (Å²) >= 11 is 0. The van der Waals surface area contributed by atoms with Crippen LogP contribution in [0.5, 0.6) is 0 Å². The van der Waals surface area contributed by atoms with Gasteiger partial charge in [0.1, 0.15) is 13.2 Å². The third-order valence-electron chi connectivity index (χ3n) is 10.3. The predicted molar refractivity (Wildman–Crippen MR) is 251 cm³/mol. The minimum absolute atomic E-state index is 0.102. The first-order valence-corrected chi connectivity index (χ1v) is 24.5. The van der Waals surface area contributed by atoms with Crippen molar-refractivity contribution < 1.29 is 28.6 Å². The molecule has 0 aromatic carbocycles. The van der Waals surface area contributed by atoms with Crippen LogP contribution in [0.4, 0.5) is 0 Å². The van der Waals surface area contributed by atoms with Crippen molar-refractivity contribution in [3.05, 3.63) is 72.9 Å². The van der Waals surface area contributed by atoms with Gasteiger partial charge >= 0.3 is 17.9 Å². The molecule has 1 atom stereocenters. The van der Waals surface area contributed by atoms with Crippen LogP contribution in [0.1, 0.15) is 226 Å². The summed E-state index contributed by atoms with van der Waals surface area (Å²) in [6, 6.07) is 0. The lowest BCUT2D eigenvalue weighted by molar-refractivity contribution is -0.167. The number of carbonyl (C=O) groups excluding carboxylic acids is 3. The van der Waals surface area contributed by atoms with Gasteiger partial charge in [-0.25, -0.2) is 0 Å². The van der Waals surface area contributed by atoms with E-state index in [1.54, 1.807) is 0 Å². The third kappa shape index (κ3) is 45.8. The number of carbonyl (C=O) groups is 3. The molecule has 6 heteroatoms. The van der Waals surface area contributed by atoms with E-state index in [4.69, 9.17) is 14.2 Å². The number of hydrogen-bond donors (Lipinski definition) is 0. The van der Waals surface area contributed by atoms with Crippen LogP contribution in [0.15, 0.2) is 72.9 Å². The Morgan fingerprint density at radius 1 is 0.356 bits per heavy atom. The summed E-state index contributed by atoms with van der Waals surface area (Å²) in [7, 11) is 0. The van der Waals surface area contributed by atoms with Gasteiger partial charge < -0.3 is 14.2 Å². The van der Waals surface area contributed by atoms with Crippen molar-refractivity contribution in [3.63, 3.8) is 0 Å². The summed E-state index contributed by atoms with van der Waals surface area (Å²) in [4.78, 5) is 37.8. The fourth-order valence-electron chi connectivity index (χ4n) is 6.56. The SMILES string of the molecule is CC\C=C/C=C\C=C/C=C\CCCCCC(=O)OCC(COC(=O)CCCCC/C=C\CCCCCCCCC)OC(=O)CCCCC/C=C\CCCCCCCCC. The topological polar surface area (TPSA) is 78.9 Å². The molecule has 0 amide bonds. The number of ether oxygens (including phenoxy) is 3. The Hall–Kier alpha value is -3.15. The van der Waals surface area contributed by atoms with Gasteiger partial charge in [0.25, 0.3) is 0 Å². The summed E-state index contributed by atoms with van der Waals surface area (Å²) in [6.07, 6.45) is 58.9. The molecule has 0 fully saturated rings. The molecular weight excluding hydrogens is 733 g/mol. The zero-order valence-corrected chi connectivity index (χ0v) is 38.5. The monoisotopic (exact) mass is 823 g/mol. The number of allylic oxidation sites excluding steroid dienone is 12. The van der Waals surface area contributed by atoms with Crippen molar-refractivity contribution >= 4 is 17.9 Å². The Bertz CT molecular complexity index is 1130. The van der Waals surface area contributed by atoms with Crippen molar-refractivity contribution in [1.82, 2.24) is 0 Å². The molecule has 0 bridgehead atoms. The van der Waals surface area contributed by atoms with Crippen LogP contribution in [0.3, 0.4) is 0 Å². The first-order valence-electron chi connectivity index (χ1n) is 24.5. The van der Waals surface area contributed by atoms with Gasteiger partial charge in [-0.05, 0) is 89.9 Å². The lowest BCUT2D eigenvalue weighted by Crippen LogP contribution is -2.30. The molecule has 0 aliphatic rings. The molecule has 0 aromatic rings. The second-order valence-electron chi connectivity index (χ2n) is 16.1. The molecule has 338 valence electrons. The molecule has 0 aliphatic heterocycles. The van der Waals surface area contributed by atoms with Crippen molar-refractivity contribution in [1.29, 1.82) is 0 Å². The highest BCUT2D eigenvalue weighted by Gasteiger charge is 2.19. The van der Waals surface area contributed by atoms with Crippen LogP contribution in [0, 0.1) is 0 Å². The standard InChI is InChI=1S/C53H90O6/c1-4-7-10-13-16-19-22-25-28-31-34-37-40-43-46-52(55)58-49-50(48-57-51(54)45-42-39-36-33-30-27-24-21-18-15-12-9-6-3)59-53(56)47-44-41-38-35-32-29-26-23-20-17-14-11-8-5-2/h9,12,15,18,21,24,27-32,50H,4-8,10-11,13-14,16-17,19-20,22-23,25-26,33-49H2,1-3H3/b12-9-,18-15-,24-21-,30-27-,31-28-,32-29-. The molecule has 0 radical (unpaired) electrons. The molecule has 0 rings (SSSR count). The second-order valence-corrected chi connectivity index (χ2v) is 16.1. The van der Waals surface area contributed by atoms with E-state index in [-0.39, 0.29) is 31.1 Å². The van der Waals surface area contributed by atoms with Crippen molar-refractivity contribution in [2.75, 3.05) is 13.2 Å². The summed E-state index contributed by atoms with van der Waals surface area (Å²) in [6.45, 7) is 6.42. The van der Waals surface area contributed by atoms with Crippen LogP contribution in [-0.2, 0) is 28.6 Å². The number of rotatable bonds is 43. The highest BCUT2D eigenvalue weighted by Crippen LogP contribution is 2.13. The Morgan fingerprint density at radius 3 is 1.08 bits per heavy atom. The molecule has 0 heterocycles. The molecule has 0 aliphatic carbocycles. The lowest BCUT2D eigenvalue weighted by Gasteiger charge is -2.18. The maximum Gasteiger partial charge on any atom is 0.306 e. The molecule has 59 heavy (non-hydrogen) atoms. The van der Waals surface area contributed by atoms with Crippen LogP contribution in [-0.4, -0.2) is 37.2 Å². The van der Waals surface area contributed by atoms with E-state index in [1.165, 1.54) is 89.9 Å². The normalized spacial score (nSPS) is 12.7. The zero-order chi connectivity index (χ0) is 43.0. The largest absolute Gasteiger partial charge is 0.462 e. The van der Waals surface area contributed by atoms with E-state index < -0.39 is 6.10 Å². The molecule has 6 nitrogen and oxygen atoms in total. The Kier molecular flexibility index (Phi) is 45.0. The van der Waals surface area contributed by atoms with E-state index in [1.807, 2.05) is 36.5 Å². The van der Waals surface area contributed by atoms with E-state index >= 15 is 0 Å². The molecule has 0 saturated heterocycles. The lowest BCUT2D eigenvalue weighted by atomic mass is 10.1. The average molecular weight is 823 g/mol. The molecule has 0 aromatic heterocycles. The third-order valence-corrected chi connectivity index (χ3v) is 10.3. The van der Waals surface area contributed by atoms with E-state index in [2.05, 4.69) is 57.2 Å². The first-order chi connectivity index (χ1) is 29.0. The molecular formula is C53H90O6. The van der Waals surface area contributed by atoms with Crippen LogP contribution in [0.2, 0.25) is 0 Å². The number of unbranched alkanes of at least 4 members (excludes halogenated alkanes) is 23. The van der Waals surface area contributed by atoms with E-state index in [9.17, 15) is 14.4 Å². The summed E-state index contributed by atoms with van der Waals surface area (Å²) < 4.78 is 16.7. The molecule has 0 spiro atoms. The molecule has 0 saturated carbocycles. The predicted octanol–water partition coefficient (Wildman–Crippen LogP) is 15.9. The summed E-state index contributed by atoms with van der Waals surface area (Å²) in [5.74, 6) is -0.975. The van der Waals surface area contributed by atoms with Gasteiger partial charge in [0, 0.05) is 19.3 Å². The van der Waals surface area contributed by atoms with Crippen molar-refractivity contribution in [2.45, 2.75) is 232 Å². The fraction of sp³-hybridized carbons (Fsp3) is 0.717. The van der Waals surface area contributed by atoms with E-state index in [0.29, 0.717) is 19.3 Å². The van der Waals surface area contributed by atoms with Gasteiger partial charge in [0.15, 0.2) is 6.10 Å². The Balaban J connectivity index is 4.49. The van der Waals surface area contributed by atoms with Gasteiger partial charge in [-0.2, -0.15) is 0 Å². The second kappa shape index (κ2) is 47.5. The van der Waals surface area contributed by atoms with Gasteiger partial charge in [-0.15, -0.1) is 0 Å². The van der Waals surface area contributed by atoms with Crippen LogP contribution < -0.4 is 0 Å². The highest BCUT2D eigenvalue weighted by molar-refractivity contribution is 5.71. The van der Waals surface area contributed by atoms with Crippen LogP contribution in [0.25, 0.3) is 0 Å². The maximum absolute atomic E-state index is 12.8. The maximum atomic E-state index is 12.8. The van der Waals surface area contributed by atoms with Crippen LogP contribution >= 0.6 is 0 Å². The van der Waals surface area contributed by atoms with Crippen molar-refractivity contribution in [2.24, 2.45) is 0 Å². The highest BCUT2D eigenvalue weighted by atomic mass is 16.6. The fourth-order valence-corrected chi connectivity index (χ4v) is 6.56. The van der Waals surface area contributed by atoms with E-state index in [0.717, 1.165) is 96.3 Å². The number of esters is 3. The average Bonchev–Trinajstić information content (AvgIpc) is 3.23. The quantitative estimate of drug-likeness (QED) is 0.0200. The molecule has 0 N–H and O–H groups in total.